The summed E-state index contributed by atoms with van der Waals surface area (Å²) in [6.45, 7) is 2.11. The molecule has 0 N–H and O–H groups in total. The molecular weight excluding hydrogens is 235 g/mol. The van der Waals surface area contributed by atoms with E-state index < -0.39 is 0 Å². The van der Waals surface area contributed by atoms with E-state index in [4.69, 9.17) is 0 Å². The molecule has 2 heteroatoms. The van der Waals surface area contributed by atoms with Crippen LogP contribution in [0.5, 0.6) is 0 Å². The van der Waals surface area contributed by atoms with E-state index in [1.165, 1.54) is 9.13 Å². The van der Waals surface area contributed by atoms with Crippen molar-refractivity contribution in [2.45, 2.75) is 6.92 Å². The first-order valence-corrected chi connectivity index (χ1v) is 3.60. The van der Waals surface area contributed by atoms with Crippen LogP contribution >= 0.6 is 22.6 Å². The van der Waals surface area contributed by atoms with Crippen LogP contribution in [-0.2, 0) is 0 Å². The van der Waals surface area contributed by atoms with Crippen molar-refractivity contribution in [3.05, 3.63) is 33.4 Å². The van der Waals surface area contributed by atoms with E-state index in [1.54, 1.807) is 0 Å². The molecule has 0 aromatic heterocycles. The lowest BCUT2D eigenvalue weighted by Crippen LogP contribution is -1.74. The average Bonchev–Trinajstić information content (AvgIpc) is 1.77. The highest BCUT2D eigenvalue weighted by Crippen LogP contribution is 2.08. The van der Waals surface area contributed by atoms with E-state index in [0.717, 1.165) is 0 Å². The maximum Gasteiger partial charge on any atom is 0.316 e. The van der Waals surface area contributed by atoms with E-state index in [-0.39, 0.29) is 23.1 Å². The Hall–Kier alpha value is 0.716. The summed E-state index contributed by atoms with van der Waals surface area (Å²) in [7, 11) is 0. The van der Waals surface area contributed by atoms with Gasteiger partial charge in [0.25, 0.3) is 0 Å². The van der Waals surface area contributed by atoms with Gasteiger partial charge in [0, 0.05) is 3.57 Å². The summed E-state index contributed by atoms with van der Waals surface area (Å²) in [4.78, 5) is 0. The lowest BCUT2D eigenvalue weighted by Gasteiger charge is -1.91. The first-order chi connectivity index (χ1) is 3.80. The number of rotatable bonds is 0. The predicted molar refractivity (Wildman–Crippen MR) is 52.4 cm³/mol. The summed E-state index contributed by atoms with van der Waals surface area (Å²) in [5, 5.41) is 0. The van der Waals surface area contributed by atoms with Crippen LogP contribution in [0.3, 0.4) is 0 Å². The standard InChI is InChI=1S/C7H7I.Mg.2H/c1-6-4-2-3-5-7(6)8;;;/h2-5H,1H3;;;. The third-order valence-corrected chi connectivity index (χ3v) is 2.29. The molecule has 0 fully saturated rings. The Bertz CT molecular complexity index is 165. The van der Waals surface area contributed by atoms with Gasteiger partial charge in [-0.3, -0.25) is 0 Å². The Labute approximate surface area is 85.3 Å². The molecule has 0 nitrogen and oxygen atoms in total. The molecule has 1 aromatic rings. The molecular formula is C7H9IMg. The van der Waals surface area contributed by atoms with Gasteiger partial charge in [0.05, 0.1) is 0 Å². The van der Waals surface area contributed by atoms with Crippen LogP contribution in [0.15, 0.2) is 24.3 Å². The van der Waals surface area contributed by atoms with E-state index in [9.17, 15) is 0 Å². The normalized spacial score (nSPS) is 8.22. The van der Waals surface area contributed by atoms with Gasteiger partial charge in [0.2, 0.25) is 0 Å². The van der Waals surface area contributed by atoms with E-state index in [2.05, 4.69) is 53.8 Å². The van der Waals surface area contributed by atoms with Crippen LogP contribution in [0, 0.1) is 10.5 Å². The molecule has 0 spiro atoms. The van der Waals surface area contributed by atoms with Crippen LogP contribution in [0.2, 0.25) is 0 Å². The van der Waals surface area contributed by atoms with Crippen molar-refractivity contribution in [2.24, 2.45) is 0 Å². The highest BCUT2D eigenvalue weighted by Gasteiger charge is 1.85. The van der Waals surface area contributed by atoms with Crippen molar-refractivity contribution in [1.29, 1.82) is 0 Å². The molecule has 0 atom stereocenters. The van der Waals surface area contributed by atoms with Crippen LogP contribution in [0.25, 0.3) is 0 Å². The Morgan fingerprint density at radius 1 is 1.22 bits per heavy atom. The average molecular weight is 244 g/mol. The zero-order chi connectivity index (χ0) is 5.98. The van der Waals surface area contributed by atoms with E-state index >= 15 is 0 Å². The third kappa shape index (κ3) is 2.86. The van der Waals surface area contributed by atoms with Gasteiger partial charge in [-0.1, -0.05) is 18.2 Å². The van der Waals surface area contributed by atoms with Gasteiger partial charge in [-0.2, -0.15) is 0 Å². The highest BCUT2D eigenvalue weighted by molar-refractivity contribution is 14.1. The minimum absolute atomic E-state index is 0. The molecule has 0 bridgehead atoms. The molecule has 0 unspecified atom stereocenters. The first kappa shape index (κ1) is 9.72. The van der Waals surface area contributed by atoms with Gasteiger partial charge in [0.1, 0.15) is 0 Å². The lowest BCUT2D eigenvalue weighted by atomic mass is 10.2. The molecule has 0 saturated carbocycles. The second-order valence-corrected chi connectivity index (χ2v) is 2.91. The maximum absolute atomic E-state index is 2.32. The second-order valence-electron chi connectivity index (χ2n) is 1.75. The maximum atomic E-state index is 2.32. The van der Waals surface area contributed by atoms with E-state index in [0.29, 0.717) is 0 Å². The van der Waals surface area contributed by atoms with Gasteiger partial charge in [-0.15, -0.1) is 0 Å². The summed E-state index contributed by atoms with van der Waals surface area (Å²) in [5.74, 6) is 0. The van der Waals surface area contributed by atoms with Gasteiger partial charge in [-0.25, -0.2) is 0 Å². The quantitative estimate of drug-likeness (QED) is 0.481. The Morgan fingerprint density at radius 2 is 1.78 bits per heavy atom. The number of halogens is 1. The van der Waals surface area contributed by atoms with Crippen molar-refractivity contribution < 1.29 is 0 Å². The van der Waals surface area contributed by atoms with Crippen LogP contribution in [-0.4, -0.2) is 23.1 Å². The summed E-state index contributed by atoms with van der Waals surface area (Å²) >= 11 is 2.32. The molecule has 46 valence electrons. The third-order valence-electron chi connectivity index (χ3n) is 1.08. The van der Waals surface area contributed by atoms with E-state index in [1.807, 2.05) is 0 Å². The second kappa shape index (κ2) is 4.52. The zero-order valence-corrected chi connectivity index (χ0v) is 6.84. The Morgan fingerprint density at radius 3 is 2.11 bits per heavy atom. The fourth-order valence-electron chi connectivity index (χ4n) is 0.551. The highest BCUT2D eigenvalue weighted by atomic mass is 127. The zero-order valence-electron chi connectivity index (χ0n) is 4.69. The van der Waals surface area contributed by atoms with Gasteiger partial charge < -0.3 is 0 Å². The molecule has 0 aliphatic rings. The van der Waals surface area contributed by atoms with Gasteiger partial charge in [-0.05, 0) is 41.1 Å². The van der Waals surface area contributed by atoms with Crippen molar-refractivity contribution in [3.8, 4) is 0 Å². The summed E-state index contributed by atoms with van der Waals surface area (Å²) in [6.07, 6.45) is 0. The number of aryl methyl sites for hydroxylation is 1. The summed E-state index contributed by atoms with van der Waals surface area (Å²) in [6, 6.07) is 8.32. The minimum Gasteiger partial charge on any atom is -0.0619 e. The van der Waals surface area contributed by atoms with Crippen LogP contribution in [0.1, 0.15) is 5.56 Å². The van der Waals surface area contributed by atoms with Gasteiger partial charge >= 0.3 is 23.1 Å². The Kier molecular flexibility index (Phi) is 4.88. The SMILES string of the molecule is Cc1ccccc1I.[MgH2]. The molecule has 0 aliphatic carbocycles. The van der Waals surface area contributed by atoms with Crippen molar-refractivity contribution >= 4 is 45.6 Å². The minimum atomic E-state index is 0. The first-order valence-electron chi connectivity index (χ1n) is 2.52. The van der Waals surface area contributed by atoms with Crippen molar-refractivity contribution in [2.75, 3.05) is 0 Å². The topological polar surface area (TPSA) is 0 Å². The number of benzene rings is 1. The van der Waals surface area contributed by atoms with Gasteiger partial charge in [0.15, 0.2) is 0 Å². The summed E-state index contributed by atoms with van der Waals surface area (Å²) in [5.41, 5.74) is 1.35. The number of hydrogen-bond donors (Lipinski definition) is 0. The summed E-state index contributed by atoms with van der Waals surface area (Å²) < 4.78 is 1.34. The fraction of sp³-hybridized carbons (Fsp3) is 0.143. The lowest BCUT2D eigenvalue weighted by molar-refractivity contribution is 1.43. The molecule has 0 radical (unpaired) electrons. The molecule has 1 rings (SSSR count). The molecule has 0 amide bonds. The van der Waals surface area contributed by atoms with Crippen LogP contribution in [0.4, 0.5) is 0 Å². The largest absolute Gasteiger partial charge is 0.316 e. The molecule has 0 aliphatic heterocycles. The van der Waals surface area contributed by atoms with Crippen molar-refractivity contribution in [3.63, 3.8) is 0 Å². The number of hydrogen-bond acceptors (Lipinski definition) is 0. The monoisotopic (exact) mass is 244 g/mol. The van der Waals surface area contributed by atoms with Crippen LogP contribution < -0.4 is 0 Å². The predicted octanol–water partition coefficient (Wildman–Crippen LogP) is 1.68. The molecule has 9 heavy (non-hydrogen) atoms. The fourth-order valence-corrected chi connectivity index (χ4v) is 0.938. The molecule has 0 heterocycles. The molecule has 1 aromatic carbocycles. The molecule has 0 saturated heterocycles. The Balaban J connectivity index is 0.000000640. The smallest absolute Gasteiger partial charge is 0.0619 e. The van der Waals surface area contributed by atoms with Crippen molar-refractivity contribution in [1.82, 2.24) is 0 Å².